The third-order valence-corrected chi connectivity index (χ3v) is 3.68. The maximum atomic E-state index is 10.3. The number of rotatable bonds is 5. The van der Waals surface area contributed by atoms with Crippen molar-refractivity contribution in [3.8, 4) is 5.75 Å². The molecule has 0 saturated heterocycles. The second-order valence-electron chi connectivity index (χ2n) is 4.18. The molecule has 0 aliphatic heterocycles. The fourth-order valence-corrected chi connectivity index (χ4v) is 2.30. The maximum Gasteiger partial charge on any atom is 0.119 e. The van der Waals surface area contributed by atoms with E-state index in [0.717, 1.165) is 16.9 Å². The van der Waals surface area contributed by atoms with Gasteiger partial charge in [0.1, 0.15) is 11.9 Å². The van der Waals surface area contributed by atoms with E-state index in [1.54, 1.807) is 11.8 Å². The van der Waals surface area contributed by atoms with Gasteiger partial charge in [0, 0.05) is 4.90 Å². The molecule has 2 rings (SSSR count). The zero-order valence-corrected chi connectivity index (χ0v) is 12.0. The first-order valence-electron chi connectivity index (χ1n) is 6.29. The fourth-order valence-electron chi connectivity index (χ4n) is 1.89. The van der Waals surface area contributed by atoms with E-state index >= 15 is 0 Å². The third-order valence-electron chi connectivity index (χ3n) is 2.94. The van der Waals surface area contributed by atoms with Crippen molar-refractivity contribution in [1.82, 2.24) is 0 Å². The van der Waals surface area contributed by atoms with Crippen molar-refractivity contribution in [2.75, 3.05) is 12.9 Å². The summed E-state index contributed by atoms with van der Waals surface area (Å²) in [4.78, 5) is 1.20. The van der Waals surface area contributed by atoms with Gasteiger partial charge in [0.15, 0.2) is 0 Å². The van der Waals surface area contributed by atoms with E-state index in [1.807, 2.05) is 61.7 Å². The standard InChI is InChI=1S/C16H18O2S/c1-3-18-14-8-4-12(5-9-14)16(17)13-6-10-15(19-2)11-7-13/h4-11,16-17H,3H2,1-2H3. The van der Waals surface area contributed by atoms with Crippen LogP contribution in [0.5, 0.6) is 5.75 Å². The lowest BCUT2D eigenvalue weighted by atomic mass is 10.0. The van der Waals surface area contributed by atoms with Gasteiger partial charge in [-0.2, -0.15) is 0 Å². The molecule has 0 spiro atoms. The molecule has 0 radical (unpaired) electrons. The van der Waals surface area contributed by atoms with E-state index in [0.29, 0.717) is 6.61 Å². The highest BCUT2D eigenvalue weighted by Crippen LogP contribution is 2.25. The smallest absolute Gasteiger partial charge is 0.119 e. The normalized spacial score (nSPS) is 12.2. The number of ether oxygens (including phenoxy) is 1. The number of hydrogen-bond donors (Lipinski definition) is 1. The Morgan fingerprint density at radius 3 is 2.00 bits per heavy atom. The van der Waals surface area contributed by atoms with E-state index in [4.69, 9.17) is 4.74 Å². The molecule has 1 N–H and O–H groups in total. The molecule has 0 bridgehead atoms. The average molecular weight is 274 g/mol. The Balaban J connectivity index is 2.15. The van der Waals surface area contributed by atoms with E-state index in [1.165, 1.54) is 4.90 Å². The highest BCUT2D eigenvalue weighted by Gasteiger charge is 2.10. The number of aliphatic hydroxyl groups is 1. The number of aliphatic hydroxyl groups excluding tert-OH is 1. The van der Waals surface area contributed by atoms with Gasteiger partial charge in [0.05, 0.1) is 6.61 Å². The fraction of sp³-hybridized carbons (Fsp3) is 0.250. The van der Waals surface area contributed by atoms with Gasteiger partial charge in [-0.3, -0.25) is 0 Å². The lowest BCUT2D eigenvalue weighted by Gasteiger charge is -2.12. The molecule has 0 aliphatic carbocycles. The van der Waals surface area contributed by atoms with Gasteiger partial charge in [-0.1, -0.05) is 24.3 Å². The summed E-state index contributed by atoms with van der Waals surface area (Å²) >= 11 is 1.69. The van der Waals surface area contributed by atoms with Crippen LogP contribution in [-0.2, 0) is 0 Å². The predicted octanol–water partition coefficient (Wildman–Crippen LogP) is 3.89. The minimum absolute atomic E-state index is 0.591. The summed E-state index contributed by atoms with van der Waals surface area (Å²) in [5.74, 6) is 0.830. The second kappa shape index (κ2) is 6.64. The molecule has 0 amide bonds. The van der Waals surface area contributed by atoms with Crippen molar-refractivity contribution >= 4 is 11.8 Å². The summed E-state index contributed by atoms with van der Waals surface area (Å²) in [6.45, 7) is 2.61. The van der Waals surface area contributed by atoms with E-state index in [2.05, 4.69) is 0 Å². The van der Waals surface area contributed by atoms with Gasteiger partial charge in [-0.15, -0.1) is 11.8 Å². The second-order valence-corrected chi connectivity index (χ2v) is 5.06. The van der Waals surface area contributed by atoms with Crippen LogP contribution in [-0.4, -0.2) is 18.0 Å². The number of thioether (sulfide) groups is 1. The van der Waals surface area contributed by atoms with Crippen LogP contribution in [0.15, 0.2) is 53.4 Å². The molecule has 19 heavy (non-hydrogen) atoms. The minimum Gasteiger partial charge on any atom is -0.494 e. The summed E-state index contributed by atoms with van der Waals surface area (Å²) < 4.78 is 5.39. The molecule has 1 atom stereocenters. The number of hydrogen-bond acceptors (Lipinski definition) is 3. The molecule has 2 aromatic carbocycles. The molecule has 0 fully saturated rings. The molecule has 1 unspecified atom stereocenters. The summed E-state index contributed by atoms with van der Waals surface area (Å²) in [5, 5.41) is 10.3. The summed E-state index contributed by atoms with van der Waals surface area (Å²) in [7, 11) is 0. The van der Waals surface area contributed by atoms with Crippen LogP contribution in [0.4, 0.5) is 0 Å². The van der Waals surface area contributed by atoms with Crippen molar-refractivity contribution in [1.29, 1.82) is 0 Å². The molecular weight excluding hydrogens is 256 g/mol. The van der Waals surface area contributed by atoms with Gasteiger partial charge < -0.3 is 9.84 Å². The third kappa shape index (κ3) is 3.52. The van der Waals surface area contributed by atoms with E-state index < -0.39 is 6.10 Å². The van der Waals surface area contributed by atoms with Gasteiger partial charge in [-0.05, 0) is 48.6 Å². The van der Waals surface area contributed by atoms with Crippen LogP contribution in [0.1, 0.15) is 24.2 Å². The van der Waals surface area contributed by atoms with Crippen molar-refractivity contribution in [2.24, 2.45) is 0 Å². The van der Waals surface area contributed by atoms with Gasteiger partial charge >= 0.3 is 0 Å². The first kappa shape index (κ1) is 14.0. The largest absolute Gasteiger partial charge is 0.494 e. The highest BCUT2D eigenvalue weighted by atomic mass is 32.2. The molecule has 2 aromatic rings. The lowest BCUT2D eigenvalue weighted by Crippen LogP contribution is -1.99. The van der Waals surface area contributed by atoms with Crippen molar-refractivity contribution in [2.45, 2.75) is 17.9 Å². The van der Waals surface area contributed by atoms with Crippen LogP contribution >= 0.6 is 11.8 Å². The quantitative estimate of drug-likeness (QED) is 0.839. The Labute approximate surface area is 118 Å². The Kier molecular flexibility index (Phi) is 4.88. The molecule has 3 heteroatoms. The van der Waals surface area contributed by atoms with Crippen LogP contribution < -0.4 is 4.74 Å². The first-order chi connectivity index (χ1) is 9.24. The SMILES string of the molecule is CCOc1ccc(C(O)c2ccc(SC)cc2)cc1. The van der Waals surface area contributed by atoms with Crippen LogP contribution in [0.3, 0.4) is 0 Å². The Hall–Kier alpha value is -1.45. The van der Waals surface area contributed by atoms with E-state index in [-0.39, 0.29) is 0 Å². The number of benzene rings is 2. The lowest BCUT2D eigenvalue weighted by molar-refractivity contribution is 0.220. The van der Waals surface area contributed by atoms with E-state index in [9.17, 15) is 5.11 Å². The Morgan fingerprint density at radius 1 is 1.00 bits per heavy atom. The average Bonchev–Trinajstić information content (AvgIpc) is 2.48. The van der Waals surface area contributed by atoms with Crippen molar-refractivity contribution in [3.63, 3.8) is 0 Å². The molecule has 0 saturated carbocycles. The topological polar surface area (TPSA) is 29.5 Å². The molecule has 100 valence electrons. The Bertz CT molecular complexity index is 505. The first-order valence-corrected chi connectivity index (χ1v) is 7.52. The van der Waals surface area contributed by atoms with Gasteiger partial charge in [0.2, 0.25) is 0 Å². The molecule has 0 aromatic heterocycles. The molecule has 0 aliphatic rings. The molecule has 2 nitrogen and oxygen atoms in total. The molecule has 0 heterocycles. The monoisotopic (exact) mass is 274 g/mol. The predicted molar refractivity (Wildman–Crippen MR) is 79.9 cm³/mol. The maximum absolute atomic E-state index is 10.3. The van der Waals surface area contributed by atoms with Crippen molar-refractivity contribution in [3.05, 3.63) is 59.7 Å². The summed E-state index contributed by atoms with van der Waals surface area (Å²) in [5.41, 5.74) is 1.78. The molecular formula is C16H18O2S. The van der Waals surface area contributed by atoms with Gasteiger partial charge in [0.25, 0.3) is 0 Å². The summed E-state index contributed by atoms with van der Waals surface area (Å²) in [6, 6.07) is 15.6. The van der Waals surface area contributed by atoms with Gasteiger partial charge in [-0.25, -0.2) is 0 Å². The minimum atomic E-state index is -0.591. The summed E-state index contributed by atoms with van der Waals surface area (Å²) in [6.07, 6.45) is 1.45. The highest BCUT2D eigenvalue weighted by molar-refractivity contribution is 7.98. The van der Waals surface area contributed by atoms with Crippen LogP contribution in [0.2, 0.25) is 0 Å². The van der Waals surface area contributed by atoms with Crippen LogP contribution in [0.25, 0.3) is 0 Å². The zero-order chi connectivity index (χ0) is 13.7. The zero-order valence-electron chi connectivity index (χ0n) is 11.2. The van der Waals surface area contributed by atoms with Crippen LogP contribution in [0, 0.1) is 0 Å². The Morgan fingerprint density at radius 2 is 1.53 bits per heavy atom. The van der Waals surface area contributed by atoms with Crippen molar-refractivity contribution < 1.29 is 9.84 Å².